The second-order valence-corrected chi connectivity index (χ2v) is 4.28. The summed E-state index contributed by atoms with van der Waals surface area (Å²) < 4.78 is 0. The van der Waals surface area contributed by atoms with Gasteiger partial charge in [0.15, 0.2) is 0 Å². The highest BCUT2D eigenvalue weighted by Crippen LogP contribution is 2.15. The van der Waals surface area contributed by atoms with Crippen LogP contribution in [-0.4, -0.2) is 15.9 Å². The lowest BCUT2D eigenvalue weighted by Gasteiger charge is -2.05. The van der Waals surface area contributed by atoms with E-state index >= 15 is 0 Å². The summed E-state index contributed by atoms with van der Waals surface area (Å²) in [5.41, 5.74) is 1.48. The van der Waals surface area contributed by atoms with Crippen molar-refractivity contribution >= 4 is 22.5 Å². The van der Waals surface area contributed by atoms with Crippen LogP contribution in [0.4, 0.5) is 5.69 Å². The van der Waals surface area contributed by atoms with Gasteiger partial charge in [-0.15, -0.1) is 0 Å². The monoisotopic (exact) mass is 265 g/mol. The van der Waals surface area contributed by atoms with E-state index in [-0.39, 0.29) is 11.5 Å². The number of aromatic nitrogens is 2. The van der Waals surface area contributed by atoms with Crippen LogP contribution < -0.4 is 10.9 Å². The van der Waals surface area contributed by atoms with E-state index in [4.69, 9.17) is 0 Å². The number of hydrogen-bond donors (Lipinski definition) is 2. The average Bonchev–Trinajstić information content (AvgIpc) is 2.49. The molecule has 0 fully saturated rings. The fourth-order valence-corrected chi connectivity index (χ4v) is 1.94. The number of nitrogens with zero attached hydrogens (tertiary/aromatic N) is 1. The summed E-state index contributed by atoms with van der Waals surface area (Å²) in [6.45, 7) is 0. The van der Waals surface area contributed by atoms with Gasteiger partial charge < -0.3 is 10.3 Å². The van der Waals surface area contributed by atoms with Crippen LogP contribution in [0, 0.1) is 0 Å². The lowest BCUT2D eigenvalue weighted by molar-refractivity contribution is 0.102. The standard InChI is InChI=1S/C15H11N3O2/c19-14(10-4-2-1-3-5-10)18-11-6-7-13-12(8-11)15(20)17-9-16-13/h1-9H,(H,18,19)(H,16,17,20). The zero-order chi connectivity index (χ0) is 13.9. The van der Waals surface area contributed by atoms with Crippen molar-refractivity contribution in [2.45, 2.75) is 0 Å². The topological polar surface area (TPSA) is 74.8 Å². The van der Waals surface area contributed by atoms with Gasteiger partial charge in [0, 0.05) is 11.3 Å². The molecule has 1 aromatic heterocycles. The summed E-state index contributed by atoms with van der Waals surface area (Å²) in [5.74, 6) is -0.217. The fourth-order valence-electron chi connectivity index (χ4n) is 1.94. The van der Waals surface area contributed by atoms with Crippen molar-refractivity contribution < 1.29 is 4.79 Å². The third kappa shape index (κ3) is 2.29. The smallest absolute Gasteiger partial charge is 0.258 e. The third-order valence-corrected chi connectivity index (χ3v) is 2.93. The number of carbonyl (C=O) groups is 1. The Kier molecular flexibility index (Phi) is 3.01. The largest absolute Gasteiger partial charge is 0.322 e. The van der Waals surface area contributed by atoms with Crippen molar-refractivity contribution in [2.75, 3.05) is 5.32 Å². The molecule has 0 aliphatic heterocycles. The molecule has 1 amide bonds. The summed E-state index contributed by atoms with van der Waals surface area (Å²) in [6, 6.07) is 13.9. The van der Waals surface area contributed by atoms with Gasteiger partial charge in [-0.25, -0.2) is 4.98 Å². The molecule has 0 unspecified atom stereocenters. The highest BCUT2D eigenvalue weighted by molar-refractivity contribution is 6.05. The van der Waals surface area contributed by atoms with Crippen molar-refractivity contribution in [1.29, 1.82) is 0 Å². The van der Waals surface area contributed by atoms with Crippen LogP contribution in [0.1, 0.15) is 10.4 Å². The molecule has 98 valence electrons. The van der Waals surface area contributed by atoms with E-state index < -0.39 is 0 Å². The quantitative estimate of drug-likeness (QED) is 0.745. The van der Waals surface area contributed by atoms with E-state index in [2.05, 4.69) is 15.3 Å². The number of rotatable bonds is 2. The van der Waals surface area contributed by atoms with E-state index in [9.17, 15) is 9.59 Å². The maximum absolute atomic E-state index is 12.0. The van der Waals surface area contributed by atoms with E-state index in [1.807, 2.05) is 6.07 Å². The molecule has 0 radical (unpaired) electrons. The van der Waals surface area contributed by atoms with Gasteiger partial charge in [0.2, 0.25) is 0 Å². The first-order valence-electron chi connectivity index (χ1n) is 6.08. The molecular formula is C15H11N3O2. The number of hydrogen-bond acceptors (Lipinski definition) is 3. The molecule has 0 bridgehead atoms. The fraction of sp³-hybridized carbons (Fsp3) is 0. The number of aromatic amines is 1. The summed E-state index contributed by atoms with van der Waals surface area (Å²) in [6.07, 6.45) is 1.35. The van der Waals surface area contributed by atoms with Gasteiger partial charge >= 0.3 is 0 Å². The van der Waals surface area contributed by atoms with E-state index in [0.717, 1.165) is 0 Å². The Bertz CT molecular complexity index is 825. The molecule has 2 N–H and O–H groups in total. The van der Waals surface area contributed by atoms with E-state index in [1.54, 1.807) is 42.5 Å². The molecule has 20 heavy (non-hydrogen) atoms. The van der Waals surface area contributed by atoms with Crippen LogP contribution in [-0.2, 0) is 0 Å². The van der Waals surface area contributed by atoms with Crippen LogP contribution >= 0.6 is 0 Å². The third-order valence-electron chi connectivity index (χ3n) is 2.93. The van der Waals surface area contributed by atoms with Crippen molar-refractivity contribution in [2.24, 2.45) is 0 Å². The van der Waals surface area contributed by atoms with Crippen molar-refractivity contribution in [3.63, 3.8) is 0 Å². The molecule has 5 heteroatoms. The van der Waals surface area contributed by atoms with Crippen molar-refractivity contribution in [3.8, 4) is 0 Å². The normalized spacial score (nSPS) is 10.4. The summed E-state index contributed by atoms with van der Waals surface area (Å²) in [7, 11) is 0. The maximum atomic E-state index is 12.0. The lowest BCUT2D eigenvalue weighted by Crippen LogP contribution is -2.12. The molecule has 0 aliphatic carbocycles. The molecule has 3 aromatic rings. The molecule has 0 aliphatic rings. The van der Waals surface area contributed by atoms with Crippen LogP contribution in [0.5, 0.6) is 0 Å². The molecule has 0 atom stereocenters. The number of anilines is 1. The van der Waals surface area contributed by atoms with Gasteiger partial charge in [-0.3, -0.25) is 9.59 Å². The Morgan fingerprint density at radius 3 is 2.70 bits per heavy atom. The maximum Gasteiger partial charge on any atom is 0.258 e. The lowest BCUT2D eigenvalue weighted by atomic mass is 10.2. The Labute approximate surface area is 114 Å². The van der Waals surface area contributed by atoms with Gasteiger partial charge in [0.25, 0.3) is 11.5 Å². The summed E-state index contributed by atoms with van der Waals surface area (Å²) >= 11 is 0. The SMILES string of the molecule is O=C(Nc1ccc2nc[nH]c(=O)c2c1)c1ccccc1. The molecule has 0 saturated carbocycles. The van der Waals surface area contributed by atoms with E-state index in [1.165, 1.54) is 6.33 Å². The number of carbonyl (C=O) groups excluding carboxylic acids is 1. The average molecular weight is 265 g/mol. The molecule has 3 rings (SSSR count). The molecule has 2 aromatic carbocycles. The predicted molar refractivity (Wildman–Crippen MR) is 76.8 cm³/mol. The van der Waals surface area contributed by atoms with Gasteiger partial charge in [0.1, 0.15) is 0 Å². The Morgan fingerprint density at radius 1 is 1.10 bits per heavy atom. The van der Waals surface area contributed by atoms with Crippen LogP contribution in [0.25, 0.3) is 10.9 Å². The van der Waals surface area contributed by atoms with Gasteiger partial charge in [-0.2, -0.15) is 0 Å². The summed E-state index contributed by atoms with van der Waals surface area (Å²) in [4.78, 5) is 30.3. The molecule has 0 spiro atoms. The number of fused-ring (bicyclic) bond motifs is 1. The number of H-pyrrole nitrogens is 1. The van der Waals surface area contributed by atoms with E-state index in [0.29, 0.717) is 22.2 Å². The van der Waals surface area contributed by atoms with Crippen LogP contribution in [0.2, 0.25) is 0 Å². The second-order valence-electron chi connectivity index (χ2n) is 4.28. The Morgan fingerprint density at radius 2 is 1.90 bits per heavy atom. The van der Waals surface area contributed by atoms with Crippen molar-refractivity contribution in [1.82, 2.24) is 9.97 Å². The van der Waals surface area contributed by atoms with Gasteiger partial charge in [-0.1, -0.05) is 18.2 Å². The minimum atomic E-state index is -0.231. The Hall–Kier alpha value is -2.95. The summed E-state index contributed by atoms with van der Waals surface area (Å²) in [5, 5.41) is 3.20. The first-order chi connectivity index (χ1) is 9.74. The number of amides is 1. The van der Waals surface area contributed by atoms with Crippen molar-refractivity contribution in [3.05, 3.63) is 70.8 Å². The van der Waals surface area contributed by atoms with Crippen LogP contribution in [0.15, 0.2) is 59.7 Å². The first-order valence-corrected chi connectivity index (χ1v) is 6.08. The zero-order valence-electron chi connectivity index (χ0n) is 10.5. The predicted octanol–water partition coefficient (Wildman–Crippen LogP) is 2.18. The zero-order valence-corrected chi connectivity index (χ0v) is 10.5. The molecular weight excluding hydrogens is 254 g/mol. The minimum Gasteiger partial charge on any atom is -0.322 e. The number of nitrogens with one attached hydrogen (secondary N) is 2. The van der Waals surface area contributed by atoms with Gasteiger partial charge in [0.05, 0.1) is 17.2 Å². The Balaban J connectivity index is 1.94. The molecule has 0 saturated heterocycles. The number of benzene rings is 2. The highest BCUT2D eigenvalue weighted by Gasteiger charge is 2.06. The highest BCUT2D eigenvalue weighted by atomic mass is 16.1. The molecule has 5 nitrogen and oxygen atoms in total. The van der Waals surface area contributed by atoms with Crippen LogP contribution in [0.3, 0.4) is 0 Å². The first kappa shape index (κ1) is 12.1. The molecule has 1 heterocycles. The second kappa shape index (κ2) is 4.97. The minimum absolute atomic E-state index is 0.217. The van der Waals surface area contributed by atoms with Gasteiger partial charge in [-0.05, 0) is 30.3 Å².